The molecule has 0 fully saturated rings. The lowest BCUT2D eigenvalue weighted by molar-refractivity contribution is -0.115. The Kier molecular flexibility index (Phi) is 5.85. The monoisotopic (exact) mass is 351 g/mol. The number of nitrogens with one attached hydrogen (secondary N) is 2. The summed E-state index contributed by atoms with van der Waals surface area (Å²) in [5, 5.41) is 3.25. The number of amides is 1. The van der Waals surface area contributed by atoms with Gasteiger partial charge in [-0.3, -0.25) is 9.59 Å². The van der Waals surface area contributed by atoms with Crippen molar-refractivity contribution >= 4 is 35.0 Å². The molecule has 122 valence electrons. The Hall–Kier alpha value is -1.79. The first-order valence-corrected chi connectivity index (χ1v) is 8.46. The summed E-state index contributed by atoms with van der Waals surface area (Å²) >= 11 is 7.23. The highest BCUT2D eigenvalue weighted by molar-refractivity contribution is 8.00. The van der Waals surface area contributed by atoms with Crippen LogP contribution in [0.15, 0.2) is 40.3 Å². The average molecular weight is 352 g/mol. The standard InChI is InChI=1S/C16H18ClN3O2S/c1-9(2)13-8-14(21)20-16(19-13)23-10(3)15(22)18-12-7-5-4-6-11(12)17/h4-10H,1-3H3,(H,18,22)(H,19,20,21). The topological polar surface area (TPSA) is 74.8 Å². The van der Waals surface area contributed by atoms with Crippen LogP contribution < -0.4 is 10.9 Å². The van der Waals surface area contributed by atoms with E-state index in [1.807, 2.05) is 13.8 Å². The van der Waals surface area contributed by atoms with Crippen LogP contribution in [0.5, 0.6) is 0 Å². The van der Waals surface area contributed by atoms with Gasteiger partial charge >= 0.3 is 0 Å². The maximum Gasteiger partial charge on any atom is 0.251 e. The molecule has 2 N–H and O–H groups in total. The third-order valence-corrected chi connectivity index (χ3v) is 4.43. The lowest BCUT2D eigenvalue weighted by atomic mass is 10.1. The van der Waals surface area contributed by atoms with E-state index < -0.39 is 5.25 Å². The number of aromatic nitrogens is 2. The molecule has 1 aromatic carbocycles. The molecule has 0 bridgehead atoms. The summed E-state index contributed by atoms with van der Waals surface area (Å²) in [4.78, 5) is 31.0. The number of thioether (sulfide) groups is 1. The van der Waals surface area contributed by atoms with Gasteiger partial charge < -0.3 is 10.3 Å². The van der Waals surface area contributed by atoms with Crippen LogP contribution >= 0.6 is 23.4 Å². The average Bonchev–Trinajstić information content (AvgIpc) is 2.48. The molecular weight excluding hydrogens is 334 g/mol. The number of anilines is 1. The van der Waals surface area contributed by atoms with Crippen LogP contribution in [0.1, 0.15) is 32.4 Å². The number of nitrogens with zero attached hydrogens (tertiary/aromatic N) is 1. The summed E-state index contributed by atoms with van der Waals surface area (Å²) in [6.07, 6.45) is 0. The highest BCUT2D eigenvalue weighted by Gasteiger charge is 2.17. The molecule has 1 aromatic heterocycles. The first-order chi connectivity index (χ1) is 10.9. The zero-order valence-electron chi connectivity index (χ0n) is 13.1. The molecule has 23 heavy (non-hydrogen) atoms. The van der Waals surface area contributed by atoms with E-state index in [-0.39, 0.29) is 17.4 Å². The van der Waals surface area contributed by atoms with E-state index in [9.17, 15) is 9.59 Å². The molecule has 1 unspecified atom stereocenters. The van der Waals surface area contributed by atoms with E-state index >= 15 is 0 Å². The highest BCUT2D eigenvalue weighted by atomic mass is 35.5. The number of hydrogen-bond donors (Lipinski definition) is 2. The van der Waals surface area contributed by atoms with Crippen molar-refractivity contribution in [3.8, 4) is 0 Å². The Balaban J connectivity index is 2.09. The second-order valence-corrected chi connectivity index (χ2v) is 7.10. The Bertz CT molecular complexity index is 761. The van der Waals surface area contributed by atoms with E-state index in [4.69, 9.17) is 11.6 Å². The van der Waals surface area contributed by atoms with Crippen LogP contribution in [0.25, 0.3) is 0 Å². The van der Waals surface area contributed by atoms with Gasteiger partial charge in [0, 0.05) is 6.07 Å². The van der Waals surface area contributed by atoms with Gasteiger partial charge in [0.15, 0.2) is 5.16 Å². The van der Waals surface area contributed by atoms with Crippen LogP contribution in [0.2, 0.25) is 5.02 Å². The van der Waals surface area contributed by atoms with Crippen molar-refractivity contribution in [1.29, 1.82) is 0 Å². The summed E-state index contributed by atoms with van der Waals surface area (Å²) in [5.74, 6) is -0.0652. The molecule has 0 aliphatic rings. The molecule has 2 aromatic rings. The van der Waals surface area contributed by atoms with Gasteiger partial charge in [0.2, 0.25) is 5.91 Å². The smallest absolute Gasteiger partial charge is 0.251 e. The Labute approximate surface area is 143 Å². The van der Waals surface area contributed by atoms with Gasteiger partial charge in [-0.2, -0.15) is 0 Å². The number of rotatable bonds is 5. The number of aromatic amines is 1. The predicted octanol–water partition coefficient (Wildman–Crippen LogP) is 3.67. The fourth-order valence-electron chi connectivity index (χ4n) is 1.82. The highest BCUT2D eigenvalue weighted by Crippen LogP contribution is 2.24. The molecule has 5 nitrogen and oxygen atoms in total. The largest absolute Gasteiger partial charge is 0.324 e. The molecule has 1 amide bonds. The molecule has 2 rings (SSSR count). The third-order valence-electron chi connectivity index (χ3n) is 3.12. The summed E-state index contributed by atoms with van der Waals surface area (Å²) in [6, 6.07) is 8.51. The van der Waals surface area contributed by atoms with E-state index in [1.165, 1.54) is 17.8 Å². The summed E-state index contributed by atoms with van der Waals surface area (Å²) in [7, 11) is 0. The maximum absolute atomic E-state index is 12.3. The molecule has 1 atom stereocenters. The number of carbonyl (C=O) groups is 1. The van der Waals surface area contributed by atoms with Crippen LogP contribution in [-0.2, 0) is 4.79 Å². The van der Waals surface area contributed by atoms with Crippen LogP contribution in [0.3, 0.4) is 0 Å². The van der Waals surface area contributed by atoms with Gasteiger partial charge in [-0.25, -0.2) is 4.98 Å². The first-order valence-electron chi connectivity index (χ1n) is 7.20. The van der Waals surface area contributed by atoms with E-state index in [2.05, 4.69) is 15.3 Å². The fraction of sp³-hybridized carbons (Fsp3) is 0.312. The van der Waals surface area contributed by atoms with Gasteiger partial charge in [-0.1, -0.05) is 49.3 Å². The van der Waals surface area contributed by atoms with Crippen LogP contribution in [-0.4, -0.2) is 21.1 Å². The van der Waals surface area contributed by atoms with E-state index in [0.29, 0.717) is 21.6 Å². The molecule has 0 spiro atoms. The Morgan fingerprint density at radius 1 is 1.30 bits per heavy atom. The van der Waals surface area contributed by atoms with Gasteiger partial charge in [0.05, 0.1) is 21.7 Å². The fourth-order valence-corrected chi connectivity index (χ4v) is 2.82. The summed E-state index contributed by atoms with van der Waals surface area (Å²) < 4.78 is 0. The van der Waals surface area contributed by atoms with Crippen LogP contribution in [0.4, 0.5) is 5.69 Å². The number of benzene rings is 1. The van der Waals surface area contributed by atoms with Crippen molar-refractivity contribution in [3.63, 3.8) is 0 Å². The summed E-state index contributed by atoms with van der Waals surface area (Å²) in [6.45, 7) is 5.67. The molecule has 0 radical (unpaired) electrons. The minimum absolute atomic E-state index is 0.143. The van der Waals surface area contributed by atoms with Gasteiger partial charge in [0.1, 0.15) is 0 Å². The predicted molar refractivity (Wildman–Crippen MR) is 94.3 cm³/mol. The number of halogens is 1. The van der Waals surface area contributed by atoms with Crippen molar-refractivity contribution < 1.29 is 4.79 Å². The minimum atomic E-state index is -0.433. The third kappa shape index (κ3) is 4.84. The number of H-pyrrole nitrogens is 1. The minimum Gasteiger partial charge on any atom is -0.324 e. The summed E-state index contributed by atoms with van der Waals surface area (Å²) in [5.41, 5.74) is 1.05. The second kappa shape index (κ2) is 7.66. The number of hydrogen-bond acceptors (Lipinski definition) is 4. The zero-order chi connectivity index (χ0) is 17.0. The second-order valence-electron chi connectivity index (χ2n) is 5.36. The molecule has 0 saturated heterocycles. The molecule has 0 aliphatic carbocycles. The quantitative estimate of drug-likeness (QED) is 0.636. The molecule has 0 saturated carbocycles. The molecule has 0 aliphatic heterocycles. The van der Waals surface area contributed by atoms with Crippen molar-refractivity contribution in [2.45, 2.75) is 37.1 Å². The Morgan fingerprint density at radius 3 is 2.65 bits per heavy atom. The normalized spacial score (nSPS) is 12.2. The lowest BCUT2D eigenvalue weighted by Crippen LogP contribution is -2.23. The van der Waals surface area contributed by atoms with Gasteiger partial charge in [0.25, 0.3) is 5.56 Å². The van der Waals surface area contributed by atoms with Crippen molar-refractivity contribution in [2.24, 2.45) is 0 Å². The lowest BCUT2D eigenvalue weighted by Gasteiger charge is -2.13. The van der Waals surface area contributed by atoms with Gasteiger partial charge in [-0.15, -0.1) is 0 Å². The number of carbonyl (C=O) groups excluding carboxylic acids is 1. The van der Waals surface area contributed by atoms with Crippen molar-refractivity contribution in [2.75, 3.05) is 5.32 Å². The van der Waals surface area contributed by atoms with E-state index in [1.54, 1.807) is 31.2 Å². The maximum atomic E-state index is 12.3. The van der Waals surface area contributed by atoms with Crippen molar-refractivity contribution in [3.05, 3.63) is 51.4 Å². The zero-order valence-corrected chi connectivity index (χ0v) is 14.7. The Morgan fingerprint density at radius 2 is 2.00 bits per heavy atom. The molecule has 1 heterocycles. The molecule has 7 heteroatoms. The number of para-hydroxylation sites is 1. The van der Waals surface area contributed by atoms with Crippen LogP contribution in [0, 0.1) is 0 Å². The van der Waals surface area contributed by atoms with Crippen molar-refractivity contribution in [1.82, 2.24) is 9.97 Å². The van der Waals surface area contributed by atoms with E-state index in [0.717, 1.165) is 0 Å². The van der Waals surface area contributed by atoms with Gasteiger partial charge in [-0.05, 0) is 25.0 Å². The SMILES string of the molecule is CC(Sc1nc(C(C)C)cc(=O)[nH]1)C(=O)Nc1ccccc1Cl. The first kappa shape index (κ1) is 17.6. The molecular formula is C16H18ClN3O2S.